The molecule has 0 aliphatic heterocycles. The summed E-state index contributed by atoms with van der Waals surface area (Å²) in [7, 11) is 0. The summed E-state index contributed by atoms with van der Waals surface area (Å²) in [6, 6.07) is -0.699. The fraction of sp³-hybridized carbons (Fsp3) is 0.600. The highest BCUT2D eigenvalue weighted by Crippen LogP contribution is 2.01. The molecule has 0 fully saturated rings. The van der Waals surface area contributed by atoms with Gasteiger partial charge in [-0.1, -0.05) is 5.57 Å². The Bertz CT molecular complexity index is 251. The summed E-state index contributed by atoms with van der Waals surface area (Å²) in [5, 5.41) is 2.48. The van der Waals surface area contributed by atoms with Crippen LogP contribution in [0.1, 0.15) is 20.3 Å². The van der Waals surface area contributed by atoms with Gasteiger partial charge in [-0.2, -0.15) is 0 Å². The summed E-state index contributed by atoms with van der Waals surface area (Å²) >= 11 is 0. The zero-order valence-corrected chi connectivity index (χ0v) is 9.21. The molecule has 0 saturated carbocycles. The van der Waals surface area contributed by atoms with Crippen LogP contribution in [0, 0.1) is 0 Å². The molecule has 0 spiro atoms. The third kappa shape index (κ3) is 6.68. The predicted octanol–water partition coefficient (Wildman–Crippen LogP) is -0.0408. The minimum atomic E-state index is -0.699. The lowest BCUT2D eigenvalue weighted by Crippen LogP contribution is -2.45. The van der Waals surface area contributed by atoms with Crippen molar-refractivity contribution in [2.45, 2.75) is 26.3 Å². The molecule has 0 aliphatic rings. The molecule has 0 aromatic carbocycles. The molecule has 0 radical (unpaired) electrons. The molecule has 86 valence electrons. The fourth-order valence-electron chi connectivity index (χ4n) is 1.00. The monoisotopic (exact) mass is 214 g/mol. The number of ether oxygens (including phenoxy) is 1. The Kier molecular flexibility index (Phi) is 6.37. The average Bonchev–Trinajstić information content (AvgIpc) is 2.12. The van der Waals surface area contributed by atoms with Gasteiger partial charge < -0.3 is 15.8 Å². The minimum absolute atomic E-state index is 0.0591. The van der Waals surface area contributed by atoms with Crippen LogP contribution in [0.15, 0.2) is 12.2 Å². The molecule has 0 rings (SSSR count). The molecule has 3 N–H and O–H groups in total. The quantitative estimate of drug-likeness (QED) is 0.583. The first kappa shape index (κ1) is 13.6. The van der Waals surface area contributed by atoms with E-state index in [1.807, 2.05) is 0 Å². The van der Waals surface area contributed by atoms with Crippen LogP contribution in [-0.2, 0) is 14.3 Å². The number of amides is 2. The first-order valence-corrected chi connectivity index (χ1v) is 4.78. The molecule has 5 heteroatoms. The van der Waals surface area contributed by atoms with E-state index in [0.717, 1.165) is 5.57 Å². The van der Waals surface area contributed by atoms with Crippen molar-refractivity contribution in [1.82, 2.24) is 5.32 Å². The lowest BCUT2D eigenvalue weighted by atomic mass is 10.1. The van der Waals surface area contributed by atoms with Gasteiger partial charge in [0.05, 0.1) is 0 Å². The zero-order valence-electron chi connectivity index (χ0n) is 9.21. The van der Waals surface area contributed by atoms with E-state index in [1.54, 1.807) is 13.8 Å². The summed E-state index contributed by atoms with van der Waals surface area (Å²) in [6.45, 7) is 7.60. The smallest absolute Gasteiger partial charge is 0.246 e. The third-order valence-corrected chi connectivity index (χ3v) is 1.67. The number of rotatable bonds is 7. The van der Waals surface area contributed by atoms with E-state index in [-0.39, 0.29) is 12.5 Å². The third-order valence-electron chi connectivity index (χ3n) is 1.67. The topological polar surface area (TPSA) is 81.4 Å². The molecular formula is C10H18N2O3. The van der Waals surface area contributed by atoms with Crippen LogP contribution in [0.2, 0.25) is 0 Å². The molecule has 0 unspecified atom stereocenters. The molecule has 1 atom stereocenters. The number of hydrogen-bond donors (Lipinski definition) is 2. The van der Waals surface area contributed by atoms with Crippen LogP contribution in [0.25, 0.3) is 0 Å². The van der Waals surface area contributed by atoms with Crippen molar-refractivity contribution in [2.75, 3.05) is 13.2 Å². The second-order valence-electron chi connectivity index (χ2n) is 3.32. The highest BCUT2D eigenvalue weighted by molar-refractivity contribution is 5.87. The molecule has 0 bridgehead atoms. The van der Waals surface area contributed by atoms with Crippen LogP contribution >= 0.6 is 0 Å². The van der Waals surface area contributed by atoms with Gasteiger partial charge in [0.15, 0.2) is 0 Å². The van der Waals surface area contributed by atoms with E-state index in [2.05, 4.69) is 11.9 Å². The van der Waals surface area contributed by atoms with Gasteiger partial charge >= 0.3 is 0 Å². The molecular weight excluding hydrogens is 196 g/mol. The number of carbonyl (C=O) groups excluding carboxylic acids is 2. The first-order valence-electron chi connectivity index (χ1n) is 4.78. The summed E-state index contributed by atoms with van der Waals surface area (Å²) in [4.78, 5) is 22.2. The first-order chi connectivity index (χ1) is 6.97. The number of primary amides is 1. The zero-order chi connectivity index (χ0) is 11.8. The molecule has 0 aliphatic carbocycles. The van der Waals surface area contributed by atoms with Gasteiger partial charge in [0, 0.05) is 6.61 Å². The maximum atomic E-state index is 11.2. The molecule has 0 aromatic rings. The van der Waals surface area contributed by atoms with E-state index >= 15 is 0 Å². The second-order valence-corrected chi connectivity index (χ2v) is 3.32. The molecule has 0 aromatic heterocycles. The molecule has 0 heterocycles. The Labute approximate surface area is 89.7 Å². The van der Waals surface area contributed by atoms with Crippen molar-refractivity contribution in [3.8, 4) is 0 Å². The predicted molar refractivity (Wildman–Crippen MR) is 57.0 cm³/mol. The highest BCUT2D eigenvalue weighted by atomic mass is 16.5. The molecule has 5 nitrogen and oxygen atoms in total. The van der Waals surface area contributed by atoms with E-state index < -0.39 is 11.9 Å². The van der Waals surface area contributed by atoms with E-state index in [1.165, 1.54) is 0 Å². The summed E-state index contributed by atoms with van der Waals surface area (Å²) in [5.74, 6) is -0.912. The van der Waals surface area contributed by atoms with Gasteiger partial charge in [0.2, 0.25) is 11.8 Å². The summed E-state index contributed by atoms with van der Waals surface area (Å²) in [5.41, 5.74) is 5.91. The maximum Gasteiger partial charge on any atom is 0.246 e. The van der Waals surface area contributed by atoms with Crippen molar-refractivity contribution in [1.29, 1.82) is 0 Å². The van der Waals surface area contributed by atoms with Gasteiger partial charge in [-0.25, -0.2) is 0 Å². The molecule has 2 amide bonds. The Balaban J connectivity index is 4.10. The van der Waals surface area contributed by atoms with Gasteiger partial charge in [0.1, 0.15) is 12.6 Å². The van der Waals surface area contributed by atoms with Crippen molar-refractivity contribution in [3.05, 3.63) is 12.2 Å². The summed E-state index contributed by atoms with van der Waals surface area (Å²) < 4.78 is 4.89. The Hall–Kier alpha value is -1.36. The van der Waals surface area contributed by atoms with Crippen molar-refractivity contribution in [3.63, 3.8) is 0 Å². The molecule has 15 heavy (non-hydrogen) atoms. The average molecular weight is 214 g/mol. The lowest BCUT2D eigenvalue weighted by Gasteiger charge is -2.15. The molecule has 0 saturated heterocycles. The van der Waals surface area contributed by atoms with E-state index in [4.69, 9.17) is 10.5 Å². The van der Waals surface area contributed by atoms with Gasteiger partial charge in [-0.3, -0.25) is 9.59 Å². The van der Waals surface area contributed by atoms with E-state index in [9.17, 15) is 9.59 Å². The lowest BCUT2D eigenvalue weighted by molar-refractivity contribution is -0.130. The fourth-order valence-corrected chi connectivity index (χ4v) is 1.00. The Morgan fingerprint density at radius 2 is 2.13 bits per heavy atom. The van der Waals surface area contributed by atoms with Crippen molar-refractivity contribution in [2.24, 2.45) is 5.73 Å². The van der Waals surface area contributed by atoms with Gasteiger partial charge in [-0.15, -0.1) is 6.58 Å². The van der Waals surface area contributed by atoms with Crippen LogP contribution in [0.3, 0.4) is 0 Å². The van der Waals surface area contributed by atoms with Crippen molar-refractivity contribution < 1.29 is 14.3 Å². The summed E-state index contributed by atoms with van der Waals surface area (Å²) in [6.07, 6.45) is 0.354. The second kappa shape index (κ2) is 7.00. The Morgan fingerprint density at radius 1 is 1.53 bits per heavy atom. The number of hydrogen-bond acceptors (Lipinski definition) is 3. The number of carbonyl (C=O) groups is 2. The minimum Gasteiger partial charge on any atom is -0.372 e. The van der Waals surface area contributed by atoms with Crippen LogP contribution in [0.4, 0.5) is 0 Å². The van der Waals surface area contributed by atoms with Crippen LogP contribution in [-0.4, -0.2) is 31.1 Å². The van der Waals surface area contributed by atoms with Gasteiger partial charge in [0.25, 0.3) is 0 Å². The largest absolute Gasteiger partial charge is 0.372 e. The van der Waals surface area contributed by atoms with Crippen molar-refractivity contribution >= 4 is 11.8 Å². The normalized spacial score (nSPS) is 11.9. The Morgan fingerprint density at radius 3 is 2.53 bits per heavy atom. The maximum absolute atomic E-state index is 11.2. The van der Waals surface area contributed by atoms with Crippen LogP contribution < -0.4 is 11.1 Å². The number of nitrogens with one attached hydrogen (secondary N) is 1. The highest BCUT2D eigenvalue weighted by Gasteiger charge is 2.17. The van der Waals surface area contributed by atoms with Crippen LogP contribution in [0.5, 0.6) is 0 Å². The number of nitrogens with two attached hydrogens (primary N) is 1. The SMILES string of the molecule is C=C(C)C[C@@H](NC(=O)COCC)C(N)=O. The standard InChI is InChI=1S/C10H18N2O3/c1-4-15-6-9(13)12-8(10(11)14)5-7(2)3/h8H,2,4-6H2,1,3H3,(H2,11,14)(H,12,13)/t8-/m1/s1. The van der Waals surface area contributed by atoms with Gasteiger partial charge in [-0.05, 0) is 20.3 Å². The van der Waals surface area contributed by atoms with E-state index in [0.29, 0.717) is 13.0 Å².